The normalized spacial score (nSPS) is 15.6. The minimum absolute atomic E-state index is 0.181. The quantitative estimate of drug-likeness (QED) is 0.639. The Morgan fingerprint density at radius 2 is 1.95 bits per heavy atom. The van der Waals surface area contributed by atoms with Crippen molar-refractivity contribution in [1.82, 2.24) is 0 Å². The van der Waals surface area contributed by atoms with Gasteiger partial charge in [0, 0.05) is 18.9 Å². The van der Waals surface area contributed by atoms with Gasteiger partial charge in [-0.1, -0.05) is 30.3 Å². The van der Waals surface area contributed by atoms with E-state index in [1.807, 2.05) is 37.3 Å². The molecule has 2 N–H and O–H groups in total. The SMILES string of the molecule is CCOCC(Cc1ccccc1)C(O)[C@H](O)CCC=O. The van der Waals surface area contributed by atoms with Crippen LogP contribution in [0.2, 0.25) is 0 Å². The number of hydrogen-bond donors (Lipinski definition) is 2. The summed E-state index contributed by atoms with van der Waals surface area (Å²) in [5.74, 6) is -0.181. The molecular formula is C16H24O4. The van der Waals surface area contributed by atoms with Crippen molar-refractivity contribution in [1.29, 1.82) is 0 Å². The summed E-state index contributed by atoms with van der Waals surface area (Å²) < 4.78 is 5.40. The molecule has 0 radical (unpaired) electrons. The van der Waals surface area contributed by atoms with Crippen LogP contribution in [0.15, 0.2) is 30.3 Å². The highest BCUT2D eigenvalue weighted by Crippen LogP contribution is 2.18. The number of aldehydes is 1. The molecule has 0 aliphatic carbocycles. The largest absolute Gasteiger partial charge is 0.390 e. The van der Waals surface area contributed by atoms with Crippen LogP contribution >= 0.6 is 0 Å². The van der Waals surface area contributed by atoms with E-state index in [2.05, 4.69) is 0 Å². The van der Waals surface area contributed by atoms with Gasteiger partial charge in [0.15, 0.2) is 0 Å². The topological polar surface area (TPSA) is 66.8 Å². The Kier molecular flexibility index (Phi) is 8.11. The molecule has 112 valence electrons. The maximum absolute atomic E-state index is 10.3. The summed E-state index contributed by atoms with van der Waals surface area (Å²) in [5.41, 5.74) is 1.10. The molecule has 0 spiro atoms. The second-order valence-corrected chi connectivity index (χ2v) is 4.91. The van der Waals surface area contributed by atoms with Crippen molar-refractivity contribution in [2.24, 2.45) is 5.92 Å². The van der Waals surface area contributed by atoms with Crippen LogP contribution in [0, 0.1) is 5.92 Å². The second-order valence-electron chi connectivity index (χ2n) is 4.91. The van der Waals surface area contributed by atoms with Gasteiger partial charge < -0.3 is 19.7 Å². The molecule has 0 fully saturated rings. The molecular weight excluding hydrogens is 256 g/mol. The van der Waals surface area contributed by atoms with E-state index in [0.29, 0.717) is 19.6 Å². The summed E-state index contributed by atoms with van der Waals surface area (Å²) in [7, 11) is 0. The molecule has 0 aromatic heterocycles. The molecule has 20 heavy (non-hydrogen) atoms. The average Bonchev–Trinajstić information content (AvgIpc) is 2.49. The molecule has 0 heterocycles. The second kappa shape index (κ2) is 9.64. The number of aliphatic hydroxyl groups is 2. The standard InChI is InChI=1S/C16H24O4/c1-2-20-12-14(11-13-7-4-3-5-8-13)16(19)15(18)9-6-10-17/h3-5,7-8,10,14-16,18-19H,2,6,9,11-12H2,1H3/t14?,15-,16?/m1/s1. The van der Waals surface area contributed by atoms with Gasteiger partial charge in [-0.05, 0) is 25.3 Å². The van der Waals surface area contributed by atoms with Crippen molar-refractivity contribution < 1.29 is 19.7 Å². The fourth-order valence-corrected chi connectivity index (χ4v) is 2.19. The molecule has 0 aliphatic heterocycles. The third-order valence-electron chi connectivity index (χ3n) is 3.33. The van der Waals surface area contributed by atoms with Crippen molar-refractivity contribution >= 4 is 6.29 Å². The van der Waals surface area contributed by atoms with Crippen LogP contribution in [0.5, 0.6) is 0 Å². The van der Waals surface area contributed by atoms with E-state index >= 15 is 0 Å². The van der Waals surface area contributed by atoms with Crippen molar-refractivity contribution in [2.75, 3.05) is 13.2 Å². The third kappa shape index (κ3) is 5.82. The maximum atomic E-state index is 10.3. The first kappa shape index (κ1) is 16.8. The zero-order valence-corrected chi connectivity index (χ0v) is 11.9. The molecule has 0 bridgehead atoms. The van der Waals surface area contributed by atoms with Crippen LogP contribution in [0.25, 0.3) is 0 Å². The Hall–Kier alpha value is -1.23. The molecule has 0 aliphatic rings. The van der Waals surface area contributed by atoms with Crippen molar-refractivity contribution in [3.8, 4) is 0 Å². The lowest BCUT2D eigenvalue weighted by Gasteiger charge is -2.26. The molecule has 1 rings (SSSR count). The van der Waals surface area contributed by atoms with Crippen molar-refractivity contribution in [3.05, 3.63) is 35.9 Å². The predicted molar refractivity (Wildman–Crippen MR) is 77.4 cm³/mol. The van der Waals surface area contributed by atoms with E-state index in [1.54, 1.807) is 0 Å². The zero-order valence-electron chi connectivity index (χ0n) is 11.9. The zero-order chi connectivity index (χ0) is 14.8. The van der Waals surface area contributed by atoms with Crippen LogP contribution in [-0.4, -0.2) is 41.9 Å². The Bertz CT molecular complexity index is 366. The average molecular weight is 280 g/mol. The maximum Gasteiger partial charge on any atom is 0.120 e. The first-order chi connectivity index (χ1) is 9.69. The van der Waals surface area contributed by atoms with E-state index < -0.39 is 12.2 Å². The van der Waals surface area contributed by atoms with Gasteiger partial charge in [0.1, 0.15) is 6.29 Å². The van der Waals surface area contributed by atoms with Gasteiger partial charge in [0.25, 0.3) is 0 Å². The lowest BCUT2D eigenvalue weighted by molar-refractivity contribution is -0.109. The number of carbonyl (C=O) groups excluding carboxylic acids is 1. The molecule has 2 unspecified atom stereocenters. The van der Waals surface area contributed by atoms with E-state index in [9.17, 15) is 15.0 Å². The van der Waals surface area contributed by atoms with Gasteiger partial charge in [-0.3, -0.25) is 0 Å². The number of carbonyl (C=O) groups is 1. The molecule has 0 amide bonds. The summed E-state index contributed by atoms with van der Waals surface area (Å²) in [6, 6.07) is 9.81. The number of ether oxygens (including phenoxy) is 1. The van der Waals surface area contributed by atoms with Gasteiger partial charge in [-0.2, -0.15) is 0 Å². The molecule has 0 saturated carbocycles. The number of hydrogen-bond acceptors (Lipinski definition) is 4. The molecule has 3 atom stereocenters. The van der Waals surface area contributed by atoms with Crippen LogP contribution in [0.4, 0.5) is 0 Å². The van der Waals surface area contributed by atoms with E-state index in [4.69, 9.17) is 4.74 Å². The van der Waals surface area contributed by atoms with E-state index in [-0.39, 0.29) is 18.8 Å². The third-order valence-corrected chi connectivity index (χ3v) is 3.33. The number of aliphatic hydroxyl groups excluding tert-OH is 2. The summed E-state index contributed by atoms with van der Waals surface area (Å²) >= 11 is 0. The van der Waals surface area contributed by atoms with Crippen molar-refractivity contribution in [2.45, 2.75) is 38.4 Å². The first-order valence-electron chi connectivity index (χ1n) is 7.10. The van der Waals surface area contributed by atoms with Crippen LogP contribution in [-0.2, 0) is 16.0 Å². The highest BCUT2D eigenvalue weighted by Gasteiger charge is 2.26. The van der Waals surface area contributed by atoms with Gasteiger partial charge in [0.2, 0.25) is 0 Å². The van der Waals surface area contributed by atoms with Crippen LogP contribution in [0.1, 0.15) is 25.3 Å². The lowest BCUT2D eigenvalue weighted by Crippen LogP contribution is -2.37. The molecule has 4 heteroatoms. The predicted octanol–water partition coefficient (Wildman–Crippen LogP) is 1.58. The summed E-state index contributed by atoms with van der Waals surface area (Å²) in [5, 5.41) is 20.2. The van der Waals surface area contributed by atoms with Gasteiger partial charge in [-0.25, -0.2) is 0 Å². The highest BCUT2D eigenvalue weighted by molar-refractivity contribution is 5.49. The lowest BCUT2D eigenvalue weighted by atomic mass is 9.90. The van der Waals surface area contributed by atoms with Gasteiger partial charge in [-0.15, -0.1) is 0 Å². The monoisotopic (exact) mass is 280 g/mol. The Labute approximate surface area is 120 Å². The minimum atomic E-state index is -0.894. The van der Waals surface area contributed by atoms with E-state index in [0.717, 1.165) is 11.8 Å². The Balaban J connectivity index is 2.64. The highest BCUT2D eigenvalue weighted by atomic mass is 16.5. The number of benzene rings is 1. The fourth-order valence-electron chi connectivity index (χ4n) is 2.19. The smallest absolute Gasteiger partial charge is 0.120 e. The van der Waals surface area contributed by atoms with Gasteiger partial charge >= 0.3 is 0 Å². The fraction of sp³-hybridized carbons (Fsp3) is 0.562. The summed E-state index contributed by atoms with van der Waals surface area (Å²) in [6.07, 6.45) is 0.147. The molecule has 0 saturated heterocycles. The Morgan fingerprint density at radius 3 is 2.55 bits per heavy atom. The van der Waals surface area contributed by atoms with Crippen molar-refractivity contribution in [3.63, 3.8) is 0 Å². The summed E-state index contributed by atoms with van der Waals surface area (Å²) in [6.45, 7) is 2.86. The van der Waals surface area contributed by atoms with Crippen LogP contribution < -0.4 is 0 Å². The summed E-state index contributed by atoms with van der Waals surface area (Å²) in [4.78, 5) is 10.3. The molecule has 1 aromatic rings. The Morgan fingerprint density at radius 1 is 1.25 bits per heavy atom. The number of rotatable bonds is 10. The molecule has 4 nitrogen and oxygen atoms in total. The first-order valence-corrected chi connectivity index (χ1v) is 7.10. The van der Waals surface area contributed by atoms with E-state index in [1.165, 1.54) is 0 Å². The van der Waals surface area contributed by atoms with Gasteiger partial charge in [0.05, 0.1) is 18.8 Å². The van der Waals surface area contributed by atoms with Crippen LogP contribution in [0.3, 0.4) is 0 Å². The minimum Gasteiger partial charge on any atom is -0.390 e. The molecule has 1 aromatic carbocycles.